The molecule has 0 spiro atoms. The fourth-order valence-corrected chi connectivity index (χ4v) is 1.24. The second kappa shape index (κ2) is 3.47. The quantitative estimate of drug-likeness (QED) is 0.619. The van der Waals surface area contributed by atoms with Gasteiger partial charge in [0.15, 0.2) is 0 Å². The lowest BCUT2D eigenvalue weighted by molar-refractivity contribution is 0.1000. The van der Waals surface area contributed by atoms with Crippen LogP contribution in [0.25, 0.3) is 0 Å². The zero-order valence-corrected chi connectivity index (χ0v) is 7.92. The first-order valence-corrected chi connectivity index (χ1v) is 4.02. The zero-order valence-electron chi connectivity index (χ0n) is 7.92. The first-order valence-electron chi connectivity index (χ1n) is 4.02. The average Bonchev–Trinajstić information content (AvgIpc) is 2.10. The van der Waals surface area contributed by atoms with Crippen molar-refractivity contribution in [3.63, 3.8) is 0 Å². The Labute approximate surface area is 76.7 Å². The molecule has 0 atom stereocenters. The summed E-state index contributed by atoms with van der Waals surface area (Å²) < 4.78 is 0. The Morgan fingerprint density at radius 1 is 1.08 bits per heavy atom. The molecule has 0 N–H and O–H groups in total. The van der Waals surface area contributed by atoms with Crippen LogP contribution >= 0.6 is 0 Å². The van der Waals surface area contributed by atoms with E-state index in [0.717, 1.165) is 16.7 Å². The van der Waals surface area contributed by atoms with Crippen LogP contribution in [0.3, 0.4) is 0 Å². The molecule has 1 aromatic carbocycles. The minimum Gasteiger partial charge on any atom is -0.263 e. The van der Waals surface area contributed by atoms with Gasteiger partial charge >= 0.3 is 5.91 Å². The number of carbonyl (C=O) groups excluding carboxylic acids is 1. The predicted octanol–water partition coefficient (Wildman–Crippen LogP) is 2.52. The van der Waals surface area contributed by atoms with Crippen molar-refractivity contribution in [1.29, 1.82) is 0 Å². The van der Waals surface area contributed by atoms with E-state index in [1.807, 2.05) is 19.9 Å². The Hall–Kier alpha value is -1.51. The molecule has 0 aliphatic heterocycles. The van der Waals surface area contributed by atoms with Crippen LogP contribution in [-0.4, -0.2) is 5.91 Å². The van der Waals surface area contributed by atoms with E-state index in [-0.39, 0.29) is 0 Å². The van der Waals surface area contributed by atoms with Gasteiger partial charge < -0.3 is 0 Å². The predicted molar refractivity (Wildman–Crippen MR) is 50.8 cm³/mol. The van der Waals surface area contributed by atoms with Crippen molar-refractivity contribution in [1.82, 2.24) is 0 Å². The number of nitroso groups, excluding NO2 is 1. The van der Waals surface area contributed by atoms with E-state index >= 15 is 0 Å². The fraction of sp³-hybridized carbons (Fsp3) is 0.300. The summed E-state index contributed by atoms with van der Waals surface area (Å²) in [5.41, 5.74) is 3.31. The molecule has 13 heavy (non-hydrogen) atoms. The topological polar surface area (TPSA) is 46.5 Å². The number of aryl methyl sites for hydroxylation is 3. The first-order chi connectivity index (χ1) is 6.06. The van der Waals surface area contributed by atoms with Crippen molar-refractivity contribution in [3.05, 3.63) is 39.3 Å². The van der Waals surface area contributed by atoms with Crippen molar-refractivity contribution in [2.45, 2.75) is 20.8 Å². The molecule has 0 heterocycles. The second-order valence-electron chi connectivity index (χ2n) is 3.15. The van der Waals surface area contributed by atoms with Crippen LogP contribution in [0, 0.1) is 25.7 Å². The minimum atomic E-state index is -0.694. The van der Waals surface area contributed by atoms with Gasteiger partial charge in [0, 0.05) is 10.7 Å². The second-order valence-corrected chi connectivity index (χ2v) is 3.15. The van der Waals surface area contributed by atoms with E-state index in [2.05, 4.69) is 5.18 Å². The Morgan fingerprint density at radius 3 is 2.15 bits per heavy atom. The molecule has 0 fully saturated rings. The van der Waals surface area contributed by atoms with Gasteiger partial charge in [-0.3, -0.25) is 4.79 Å². The van der Waals surface area contributed by atoms with Crippen molar-refractivity contribution >= 4 is 5.91 Å². The standard InChI is InChI=1S/C10H11NO2/c1-6-4-8(3)9(5-7(6)2)10(12)11-13/h4-5H,1-3H3. The average molecular weight is 177 g/mol. The fourth-order valence-electron chi connectivity index (χ4n) is 1.24. The van der Waals surface area contributed by atoms with Gasteiger partial charge in [-0.1, -0.05) is 6.07 Å². The number of rotatable bonds is 1. The van der Waals surface area contributed by atoms with Gasteiger partial charge in [-0.25, -0.2) is 0 Å². The summed E-state index contributed by atoms with van der Waals surface area (Å²) in [6.07, 6.45) is 0. The van der Waals surface area contributed by atoms with Crippen molar-refractivity contribution in [3.8, 4) is 0 Å². The maximum atomic E-state index is 11.0. The molecule has 1 amide bonds. The number of hydrogen-bond acceptors (Lipinski definition) is 2. The third-order valence-corrected chi connectivity index (χ3v) is 2.15. The van der Waals surface area contributed by atoms with Crippen molar-refractivity contribution in [2.24, 2.45) is 5.18 Å². The van der Waals surface area contributed by atoms with Gasteiger partial charge in [-0.2, -0.15) is 0 Å². The van der Waals surface area contributed by atoms with Gasteiger partial charge in [0.25, 0.3) is 0 Å². The minimum absolute atomic E-state index is 0.401. The Morgan fingerprint density at radius 2 is 1.62 bits per heavy atom. The summed E-state index contributed by atoms with van der Waals surface area (Å²) in [6, 6.07) is 3.59. The molecule has 0 saturated heterocycles. The summed E-state index contributed by atoms with van der Waals surface area (Å²) in [5.74, 6) is -0.694. The van der Waals surface area contributed by atoms with Crippen LogP contribution in [-0.2, 0) is 0 Å². The van der Waals surface area contributed by atoms with Crippen LogP contribution in [0.5, 0.6) is 0 Å². The summed E-state index contributed by atoms with van der Waals surface area (Å²) in [5, 5.41) is 2.40. The third-order valence-electron chi connectivity index (χ3n) is 2.15. The van der Waals surface area contributed by atoms with E-state index in [1.165, 1.54) is 0 Å². The molecule has 0 aliphatic rings. The van der Waals surface area contributed by atoms with Gasteiger partial charge in [0.2, 0.25) is 0 Å². The largest absolute Gasteiger partial charge is 0.317 e. The lowest BCUT2D eigenvalue weighted by atomic mass is 10.0. The molecule has 0 aliphatic carbocycles. The van der Waals surface area contributed by atoms with Crippen LogP contribution in [0.4, 0.5) is 0 Å². The number of benzene rings is 1. The van der Waals surface area contributed by atoms with Gasteiger partial charge in [-0.05, 0) is 43.5 Å². The van der Waals surface area contributed by atoms with E-state index < -0.39 is 5.91 Å². The van der Waals surface area contributed by atoms with E-state index in [1.54, 1.807) is 13.0 Å². The molecular weight excluding hydrogens is 166 g/mol. The van der Waals surface area contributed by atoms with Crippen LogP contribution in [0.15, 0.2) is 17.3 Å². The Kier molecular flexibility index (Phi) is 2.56. The Bertz CT molecular complexity index is 369. The number of amides is 1. The molecule has 1 aromatic rings. The highest BCUT2D eigenvalue weighted by molar-refractivity contribution is 5.96. The summed E-state index contributed by atoms with van der Waals surface area (Å²) in [7, 11) is 0. The Balaban J connectivity index is 3.31. The number of carbonyl (C=O) groups is 1. The molecule has 1 rings (SSSR count). The van der Waals surface area contributed by atoms with Crippen LogP contribution in [0.1, 0.15) is 27.0 Å². The van der Waals surface area contributed by atoms with Gasteiger partial charge in [-0.15, -0.1) is 4.91 Å². The van der Waals surface area contributed by atoms with E-state index in [0.29, 0.717) is 5.56 Å². The summed E-state index contributed by atoms with van der Waals surface area (Å²) >= 11 is 0. The highest BCUT2D eigenvalue weighted by Crippen LogP contribution is 2.15. The summed E-state index contributed by atoms with van der Waals surface area (Å²) in [6.45, 7) is 5.66. The first kappa shape index (κ1) is 9.58. The number of hydrogen-bond donors (Lipinski definition) is 0. The van der Waals surface area contributed by atoms with E-state index in [9.17, 15) is 9.70 Å². The summed E-state index contributed by atoms with van der Waals surface area (Å²) in [4.78, 5) is 21.1. The molecule has 0 bridgehead atoms. The number of nitrogens with zero attached hydrogens (tertiary/aromatic N) is 1. The molecule has 3 heteroatoms. The van der Waals surface area contributed by atoms with Crippen molar-refractivity contribution < 1.29 is 4.79 Å². The molecule has 68 valence electrons. The SMILES string of the molecule is Cc1cc(C)c(C(=O)N=O)cc1C. The third kappa shape index (κ3) is 1.80. The molecule has 0 radical (unpaired) electrons. The zero-order chi connectivity index (χ0) is 10.0. The molecule has 0 unspecified atom stereocenters. The lowest BCUT2D eigenvalue weighted by Gasteiger charge is -2.04. The van der Waals surface area contributed by atoms with E-state index in [4.69, 9.17) is 0 Å². The molecule has 3 nitrogen and oxygen atoms in total. The molecule has 0 aromatic heterocycles. The maximum absolute atomic E-state index is 11.0. The lowest BCUT2D eigenvalue weighted by Crippen LogP contribution is -1.99. The van der Waals surface area contributed by atoms with Crippen molar-refractivity contribution in [2.75, 3.05) is 0 Å². The highest BCUT2D eigenvalue weighted by atomic mass is 16.3. The van der Waals surface area contributed by atoms with Gasteiger partial charge in [0.05, 0.1) is 0 Å². The molecular formula is C10H11NO2. The monoisotopic (exact) mass is 177 g/mol. The normalized spacial score (nSPS) is 9.77. The highest BCUT2D eigenvalue weighted by Gasteiger charge is 2.10. The smallest absolute Gasteiger partial charge is 0.263 e. The van der Waals surface area contributed by atoms with Gasteiger partial charge in [0.1, 0.15) is 0 Å². The van der Waals surface area contributed by atoms with Crippen LogP contribution in [0.2, 0.25) is 0 Å². The van der Waals surface area contributed by atoms with Crippen LogP contribution < -0.4 is 0 Å². The maximum Gasteiger partial charge on any atom is 0.317 e. The molecule has 0 saturated carbocycles.